The van der Waals surface area contributed by atoms with Gasteiger partial charge in [-0.05, 0) is 29.3 Å². The van der Waals surface area contributed by atoms with Gasteiger partial charge in [-0.15, -0.1) is 0 Å². The first-order valence-electron chi connectivity index (χ1n) is 5.54. The summed E-state index contributed by atoms with van der Waals surface area (Å²) in [5.41, 5.74) is 1.50. The van der Waals surface area contributed by atoms with Crippen molar-refractivity contribution in [1.82, 2.24) is 0 Å². The third-order valence-electron chi connectivity index (χ3n) is 2.73. The molecule has 0 N–H and O–H groups in total. The van der Waals surface area contributed by atoms with Crippen LogP contribution in [0, 0.1) is 17.1 Å². The molecule has 0 spiro atoms. The van der Waals surface area contributed by atoms with Gasteiger partial charge in [0.15, 0.2) is 0 Å². The quantitative estimate of drug-likeness (QED) is 0.774. The third-order valence-corrected chi connectivity index (χ3v) is 2.73. The lowest BCUT2D eigenvalue weighted by Crippen LogP contribution is -2.04. The van der Waals surface area contributed by atoms with Crippen molar-refractivity contribution in [3.05, 3.63) is 59.4 Å². The highest BCUT2D eigenvalue weighted by atomic mass is 19.1. The SMILES string of the molecule is COC(=O)c1ccc(-c2ccccc2C#N)cc1F. The summed E-state index contributed by atoms with van der Waals surface area (Å²) in [7, 11) is 1.20. The second-order valence-corrected chi connectivity index (χ2v) is 3.84. The molecule has 0 radical (unpaired) electrons. The Hall–Kier alpha value is -2.67. The van der Waals surface area contributed by atoms with Gasteiger partial charge in [-0.1, -0.05) is 24.3 Å². The molecule has 3 nitrogen and oxygen atoms in total. The van der Waals surface area contributed by atoms with Crippen molar-refractivity contribution in [2.24, 2.45) is 0 Å². The minimum absolute atomic E-state index is 0.124. The first-order valence-corrected chi connectivity index (χ1v) is 5.54. The highest BCUT2D eigenvalue weighted by Gasteiger charge is 2.13. The van der Waals surface area contributed by atoms with Crippen LogP contribution in [0.1, 0.15) is 15.9 Å². The molecule has 0 saturated heterocycles. The lowest BCUT2D eigenvalue weighted by molar-refractivity contribution is 0.0595. The Morgan fingerprint density at radius 3 is 2.63 bits per heavy atom. The molecule has 0 heterocycles. The molecule has 0 amide bonds. The van der Waals surface area contributed by atoms with Gasteiger partial charge in [0, 0.05) is 0 Å². The highest BCUT2D eigenvalue weighted by molar-refractivity contribution is 5.90. The normalized spacial score (nSPS) is 9.74. The van der Waals surface area contributed by atoms with Gasteiger partial charge in [0.1, 0.15) is 5.82 Å². The molecule has 0 fully saturated rings. The van der Waals surface area contributed by atoms with Gasteiger partial charge in [-0.2, -0.15) is 5.26 Å². The number of nitrogens with zero attached hydrogens (tertiary/aromatic N) is 1. The van der Waals surface area contributed by atoms with Crippen molar-refractivity contribution in [3.8, 4) is 17.2 Å². The Kier molecular flexibility index (Phi) is 3.58. The molecular weight excluding hydrogens is 245 g/mol. The minimum atomic E-state index is -0.724. The number of ether oxygens (including phenoxy) is 1. The van der Waals surface area contributed by atoms with E-state index in [1.165, 1.54) is 19.2 Å². The maximum absolute atomic E-state index is 13.8. The number of rotatable bonds is 2. The first kappa shape index (κ1) is 12.8. The molecule has 0 unspecified atom stereocenters. The van der Waals surface area contributed by atoms with Gasteiger partial charge in [0.25, 0.3) is 0 Å². The second-order valence-electron chi connectivity index (χ2n) is 3.84. The van der Waals surface area contributed by atoms with Gasteiger partial charge in [-0.3, -0.25) is 0 Å². The fraction of sp³-hybridized carbons (Fsp3) is 0.0667. The fourth-order valence-corrected chi connectivity index (χ4v) is 1.79. The number of nitriles is 1. The molecule has 4 heteroatoms. The van der Waals surface area contributed by atoms with Crippen molar-refractivity contribution >= 4 is 5.97 Å². The summed E-state index contributed by atoms with van der Waals surface area (Å²) in [4.78, 5) is 11.3. The van der Waals surface area contributed by atoms with E-state index in [2.05, 4.69) is 4.74 Å². The van der Waals surface area contributed by atoms with Crippen LogP contribution in [-0.2, 0) is 4.74 Å². The summed E-state index contributed by atoms with van der Waals surface area (Å²) in [5.74, 6) is -1.39. The van der Waals surface area contributed by atoms with Crippen molar-refractivity contribution in [1.29, 1.82) is 5.26 Å². The van der Waals surface area contributed by atoms with E-state index in [9.17, 15) is 9.18 Å². The summed E-state index contributed by atoms with van der Waals surface area (Å²) < 4.78 is 18.3. The molecule has 0 atom stereocenters. The Bertz CT molecular complexity index is 674. The van der Waals surface area contributed by atoms with E-state index in [-0.39, 0.29) is 5.56 Å². The largest absolute Gasteiger partial charge is 0.465 e. The number of hydrogen-bond donors (Lipinski definition) is 0. The van der Waals surface area contributed by atoms with Gasteiger partial charge in [0.05, 0.1) is 24.3 Å². The van der Waals surface area contributed by atoms with E-state index in [0.29, 0.717) is 16.7 Å². The maximum Gasteiger partial charge on any atom is 0.340 e. The molecule has 0 aliphatic heterocycles. The molecule has 94 valence electrons. The van der Waals surface area contributed by atoms with Gasteiger partial charge < -0.3 is 4.74 Å². The van der Waals surface area contributed by atoms with Crippen LogP contribution in [0.15, 0.2) is 42.5 Å². The summed E-state index contributed by atoms with van der Waals surface area (Å²) in [6, 6.07) is 13.1. The molecule has 19 heavy (non-hydrogen) atoms. The molecule has 2 rings (SSSR count). The van der Waals surface area contributed by atoms with E-state index in [4.69, 9.17) is 5.26 Å². The van der Waals surface area contributed by atoms with Crippen LogP contribution in [-0.4, -0.2) is 13.1 Å². The molecule has 0 aromatic heterocycles. The van der Waals surface area contributed by atoms with Gasteiger partial charge >= 0.3 is 5.97 Å². The smallest absolute Gasteiger partial charge is 0.340 e. The summed E-state index contributed by atoms with van der Waals surface area (Å²) in [6.07, 6.45) is 0. The number of hydrogen-bond acceptors (Lipinski definition) is 3. The standard InChI is InChI=1S/C15H10FNO2/c1-19-15(18)13-7-6-10(8-14(13)16)12-5-3-2-4-11(12)9-17/h2-8H,1H3. The first-order chi connectivity index (χ1) is 9.17. The van der Waals surface area contributed by atoms with Crippen LogP contribution in [0.25, 0.3) is 11.1 Å². The average molecular weight is 255 g/mol. The molecule has 0 saturated carbocycles. The summed E-state index contributed by atoms with van der Waals surface area (Å²) in [6.45, 7) is 0. The Morgan fingerprint density at radius 1 is 1.26 bits per heavy atom. The van der Waals surface area contributed by atoms with E-state index in [1.54, 1.807) is 30.3 Å². The Morgan fingerprint density at radius 2 is 2.00 bits per heavy atom. The Labute approximate surface area is 109 Å². The van der Waals surface area contributed by atoms with Crippen molar-refractivity contribution in [2.75, 3.05) is 7.11 Å². The van der Waals surface area contributed by atoms with E-state index in [1.807, 2.05) is 6.07 Å². The Balaban J connectivity index is 2.51. The highest BCUT2D eigenvalue weighted by Crippen LogP contribution is 2.25. The average Bonchev–Trinajstić information content (AvgIpc) is 2.46. The summed E-state index contributed by atoms with van der Waals surface area (Å²) in [5, 5.41) is 9.01. The number of carbonyl (C=O) groups excluding carboxylic acids is 1. The minimum Gasteiger partial charge on any atom is -0.465 e. The van der Waals surface area contributed by atoms with E-state index < -0.39 is 11.8 Å². The molecule has 2 aromatic rings. The zero-order valence-electron chi connectivity index (χ0n) is 10.2. The van der Waals surface area contributed by atoms with Crippen LogP contribution >= 0.6 is 0 Å². The fourth-order valence-electron chi connectivity index (χ4n) is 1.79. The van der Waals surface area contributed by atoms with E-state index >= 15 is 0 Å². The number of benzene rings is 2. The zero-order valence-corrected chi connectivity index (χ0v) is 10.2. The monoisotopic (exact) mass is 255 g/mol. The molecule has 0 aliphatic rings. The molecule has 0 aliphatic carbocycles. The molecule has 0 bridgehead atoms. The number of esters is 1. The van der Waals surface area contributed by atoms with Crippen LogP contribution in [0.2, 0.25) is 0 Å². The van der Waals surface area contributed by atoms with Crippen LogP contribution in [0.5, 0.6) is 0 Å². The molecular formula is C15H10FNO2. The van der Waals surface area contributed by atoms with Crippen molar-refractivity contribution in [3.63, 3.8) is 0 Å². The zero-order chi connectivity index (χ0) is 13.8. The lowest BCUT2D eigenvalue weighted by atomic mass is 9.99. The van der Waals surface area contributed by atoms with Crippen LogP contribution in [0.4, 0.5) is 4.39 Å². The number of methoxy groups -OCH3 is 1. The topological polar surface area (TPSA) is 50.1 Å². The number of carbonyl (C=O) groups is 1. The molecule has 2 aromatic carbocycles. The third kappa shape index (κ3) is 2.45. The maximum atomic E-state index is 13.8. The predicted molar refractivity (Wildman–Crippen MR) is 67.9 cm³/mol. The summed E-state index contributed by atoms with van der Waals surface area (Å²) >= 11 is 0. The number of halogens is 1. The lowest BCUT2D eigenvalue weighted by Gasteiger charge is -2.06. The second kappa shape index (κ2) is 5.32. The van der Waals surface area contributed by atoms with Gasteiger partial charge in [0.2, 0.25) is 0 Å². The van der Waals surface area contributed by atoms with Crippen molar-refractivity contribution < 1.29 is 13.9 Å². The van der Waals surface area contributed by atoms with Gasteiger partial charge in [-0.25, -0.2) is 9.18 Å². The van der Waals surface area contributed by atoms with Crippen LogP contribution < -0.4 is 0 Å². The van der Waals surface area contributed by atoms with Crippen molar-refractivity contribution in [2.45, 2.75) is 0 Å². The van der Waals surface area contributed by atoms with Crippen LogP contribution in [0.3, 0.4) is 0 Å². The van der Waals surface area contributed by atoms with E-state index in [0.717, 1.165) is 0 Å². The predicted octanol–water partition coefficient (Wildman–Crippen LogP) is 3.15.